The zero-order valence-electron chi connectivity index (χ0n) is 10.7. The van der Waals surface area contributed by atoms with Gasteiger partial charge in [-0.3, -0.25) is 4.79 Å². The lowest BCUT2D eigenvalue weighted by molar-refractivity contribution is 0.0937. The summed E-state index contributed by atoms with van der Waals surface area (Å²) in [7, 11) is 0. The molecule has 4 heteroatoms. The lowest BCUT2D eigenvalue weighted by Crippen LogP contribution is -2.32. The van der Waals surface area contributed by atoms with E-state index in [-0.39, 0.29) is 11.5 Å². The van der Waals surface area contributed by atoms with E-state index >= 15 is 0 Å². The molecule has 2 nitrogen and oxygen atoms in total. The van der Waals surface area contributed by atoms with Gasteiger partial charge in [-0.1, -0.05) is 18.0 Å². The highest BCUT2D eigenvalue weighted by molar-refractivity contribution is 6.30. The molecule has 1 aromatic rings. The summed E-state index contributed by atoms with van der Waals surface area (Å²) in [6.07, 6.45) is 5.16. The molecule has 2 aliphatic rings. The van der Waals surface area contributed by atoms with Gasteiger partial charge >= 0.3 is 0 Å². The van der Waals surface area contributed by atoms with Crippen molar-refractivity contribution >= 4 is 17.5 Å². The van der Waals surface area contributed by atoms with Gasteiger partial charge in [0.2, 0.25) is 0 Å². The molecule has 2 bridgehead atoms. The van der Waals surface area contributed by atoms with Crippen LogP contribution in [0.2, 0.25) is 5.02 Å². The fourth-order valence-electron chi connectivity index (χ4n) is 3.62. The molecule has 1 N–H and O–H groups in total. The van der Waals surface area contributed by atoms with Crippen LogP contribution in [0.5, 0.6) is 0 Å². The van der Waals surface area contributed by atoms with E-state index in [1.165, 1.54) is 43.9 Å². The molecule has 0 aliphatic heterocycles. The Labute approximate surface area is 117 Å². The first-order valence-corrected chi connectivity index (χ1v) is 7.24. The number of rotatable bonds is 3. The maximum atomic E-state index is 13.6. The highest BCUT2D eigenvalue weighted by Crippen LogP contribution is 2.47. The normalized spacial score (nSPS) is 28.6. The standard InChI is InChI=1S/C15H17ClFNO/c16-12-3-4-14(17)13(7-12)15(19)18-8-11-6-9-1-2-10(11)5-9/h3-4,7,9-11H,1-2,5-6,8H2,(H,18,19). The molecule has 0 saturated heterocycles. The number of carbonyl (C=O) groups is 1. The summed E-state index contributed by atoms with van der Waals surface area (Å²) in [4.78, 5) is 12.0. The van der Waals surface area contributed by atoms with Crippen molar-refractivity contribution in [1.29, 1.82) is 0 Å². The van der Waals surface area contributed by atoms with Crippen molar-refractivity contribution in [3.8, 4) is 0 Å². The molecule has 0 aromatic heterocycles. The molecule has 1 aromatic carbocycles. The molecular formula is C15H17ClFNO. The van der Waals surface area contributed by atoms with E-state index < -0.39 is 5.82 Å². The van der Waals surface area contributed by atoms with E-state index in [1.807, 2.05) is 0 Å². The Morgan fingerprint density at radius 3 is 2.89 bits per heavy atom. The highest BCUT2D eigenvalue weighted by Gasteiger charge is 2.39. The van der Waals surface area contributed by atoms with Crippen molar-refractivity contribution in [2.24, 2.45) is 17.8 Å². The van der Waals surface area contributed by atoms with Crippen molar-refractivity contribution in [3.63, 3.8) is 0 Å². The molecule has 3 atom stereocenters. The Morgan fingerprint density at radius 2 is 2.21 bits per heavy atom. The minimum absolute atomic E-state index is 0.0376. The van der Waals surface area contributed by atoms with Crippen molar-refractivity contribution in [3.05, 3.63) is 34.6 Å². The lowest BCUT2D eigenvalue weighted by atomic mass is 9.89. The van der Waals surface area contributed by atoms with Crippen LogP contribution in [0.3, 0.4) is 0 Å². The Hall–Kier alpha value is -1.09. The van der Waals surface area contributed by atoms with E-state index in [2.05, 4.69) is 5.32 Å². The first kappa shape index (κ1) is 12.9. The van der Waals surface area contributed by atoms with Crippen LogP contribution in [-0.4, -0.2) is 12.5 Å². The molecule has 0 radical (unpaired) electrons. The van der Waals surface area contributed by atoms with E-state index in [1.54, 1.807) is 0 Å². The zero-order chi connectivity index (χ0) is 13.4. The number of carbonyl (C=O) groups excluding carboxylic acids is 1. The van der Waals surface area contributed by atoms with Gasteiger partial charge in [0, 0.05) is 11.6 Å². The van der Waals surface area contributed by atoms with Gasteiger partial charge in [0.1, 0.15) is 5.82 Å². The number of nitrogens with one attached hydrogen (secondary N) is 1. The predicted molar refractivity (Wildman–Crippen MR) is 72.7 cm³/mol. The molecular weight excluding hydrogens is 265 g/mol. The predicted octanol–water partition coefficient (Wildman–Crippen LogP) is 3.65. The Balaban J connectivity index is 1.61. The molecule has 2 saturated carbocycles. The van der Waals surface area contributed by atoms with Crippen LogP contribution in [-0.2, 0) is 0 Å². The summed E-state index contributed by atoms with van der Waals surface area (Å²) in [5, 5.41) is 3.24. The number of halogens is 2. The SMILES string of the molecule is O=C(NCC1CC2CCC1C2)c1cc(Cl)ccc1F. The molecule has 0 heterocycles. The van der Waals surface area contributed by atoms with Gasteiger partial charge < -0.3 is 5.32 Å². The molecule has 19 heavy (non-hydrogen) atoms. The van der Waals surface area contributed by atoms with E-state index in [0.717, 1.165) is 11.8 Å². The first-order chi connectivity index (χ1) is 9.13. The number of hydrogen-bond donors (Lipinski definition) is 1. The van der Waals surface area contributed by atoms with E-state index in [4.69, 9.17) is 11.6 Å². The minimum atomic E-state index is -0.519. The summed E-state index contributed by atoms with van der Waals surface area (Å²) >= 11 is 5.79. The number of benzene rings is 1. The third-order valence-electron chi connectivity index (χ3n) is 4.58. The van der Waals surface area contributed by atoms with Gasteiger partial charge in [0.15, 0.2) is 0 Å². The second-order valence-electron chi connectivity index (χ2n) is 5.77. The van der Waals surface area contributed by atoms with Crippen molar-refractivity contribution < 1.29 is 9.18 Å². The zero-order valence-corrected chi connectivity index (χ0v) is 11.4. The monoisotopic (exact) mass is 281 g/mol. The van der Waals surface area contributed by atoms with Crippen LogP contribution in [0.1, 0.15) is 36.0 Å². The van der Waals surface area contributed by atoms with Gasteiger partial charge in [-0.15, -0.1) is 0 Å². The van der Waals surface area contributed by atoms with Gasteiger partial charge in [-0.25, -0.2) is 4.39 Å². The summed E-state index contributed by atoms with van der Waals surface area (Å²) in [6, 6.07) is 4.06. The third-order valence-corrected chi connectivity index (χ3v) is 4.82. The third kappa shape index (κ3) is 2.62. The molecule has 2 aliphatic carbocycles. The van der Waals surface area contributed by atoms with Crippen LogP contribution in [0.15, 0.2) is 18.2 Å². The smallest absolute Gasteiger partial charge is 0.254 e. The second kappa shape index (κ2) is 5.12. The topological polar surface area (TPSA) is 29.1 Å². The lowest BCUT2D eigenvalue weighted by Gasteiger charge is -2.21. The van der Waals surface area contributed by atoms with Crippen LogP contribution >= 0.6 is 11.6 Å². The molecule has 3 unspecified atom stereocenters. The van der Waals surface area contributed by atoms with Crippen LogP contribution in [0, 0.1) is 23.6 Å². The maximum absolute atomic E-state index is 13.6. The molecule has 102 valence electrons. The fraction of sp³-hybridized carbons (Fsp3) is 0.533. The summed E-state index contributed by atoms with van der Waals surface area (Å²) in [6.45, 7) is 0.659. The fourth-order valence-corrected chi connectivity index (χ4v) is 3.79. The first-order valence-electron chi connectivity index (χ1n) is 6.86. The average molecular weight is 282 g/mol. The highest BCUT2D eigenvalue weighted by atomic mass is 35.5. The average Bonchev–Trinajstić information content (AvgIpc) is 3.01. The van der Waals surface area contributed by atoms with Crippen molar-refractivity contribution in [1.82, 2.24) is 5.32 Å². The molecule has 0 spiro atoms. The van der Waals surface area contributed by atoms with Gasteiger partial charge in [-0.05, 0) is 55.2 Å². The van der Waals surface area contributed by atoms with Gasteiger partial charge in [0.05, 0.1) is 5.56 Å². The summed E-state index contributed by atoms with van der Waals surface area (Å²) in [5.74, 6) is 1.31. The van der Waals surface area contributed by atoms with Crippen LogP contribution in [0.25, 0.3) is 0 Å². The summed E-state index contributed by atoms with van der Waals surface area (Å²) in [5.41, 5.74) is 0.0376. The Bertz CT molecular complexity index is 505. The maximum Gasteiger partial charge on any atom is 0.254 e. The number of amides is 1. The van der Waals surface area contributed by atoms with Crippen molar-refractivity contribution in [2.45, 2.75) is 25.7 Å². The molecule has 1 amide bonds. The van der Waals surface area contributed by atoms with Crippen LogP contribution < -0.4 is 5.32 Å². The minimum Gasteiger partial charge on any atom is -0.352 e. The second-order valence-corrected chi connectivity index (χ2v) is 6.21. The van der Waals surface area contributed by atoms with E-state index in [9.17, 15) is 9.18 Å². The van der Waals surface area contributed by atoms with Gasteiger partial charge in [-0.2, -0.15) is 0 Å². The largest absolute Gasteiger partial charge is 0.352 e. The Kier molecular flexibility index (Phi) is 3.48. The Morgan fingerprint density at radius 1 is 1.37 bits per heavy atom. The molecule has 3 rings (SSSR count). The molecule has 2 fully saturated rings. The number of fused-ring (bicyclic) bond motifs is 2. The quantitative estimate of drug-likeness (QED) is 0.900. The number of hydrogen-bond acceptors (Lipinski definition) is 1. The van der Waals surface area contributed by atoms with Crippen molar-refractivity contribution in [2.75, 3.05) is 6.54 Å². The van der Waals surface area contributed by atoms with Crippen LogP contribution in [0.4, 0.5) is 4.39 Å². The van der Waals surface area contributed by atoms with Gasteiger partial charge in [0.25, 0.3) is 5.91 Å². The summed E-state index contributed by atoms with van der Waals surface area (Å²) < 4.78 is 13.6. The van der Waals surface area contributed by atoms with E-state index in [0.29, 0.717) is 17.5 Å².